The third kappa shape index (κ3) is 5.71. The SMILES string of the molecule is NCCCS(=O)(=O)NCC(=O)NC1CC1. The van der Waals surface area contributed by atoms with Gasteiger partial charge in [-0.2, -0.15) is 0 Å². The van der Waals surface area contributed by atoms with Gasteiger partial charge in [0.15, 0.2) is 0 Å². The first kappa shape index (κ1) is 12.4. The van der Waals surface area contributed by atoms with Crippen molar-refractivity contribution in [3.8, 4) is 0 Å². The van der Waals surface area contributed by atoms with Gasteiger partial charge < -0.3 is 11.1 Å². The standard InChI is InChI=1S/C8H17N3O3S/c9-4-1-5-15(13,14)10-6-8(12)11-7-2-3-7/h7,10H,1-6,9H2,(H,11,12). The predicted molar refractivity (Wildman–Crippen MR) is 56.6 cm³/mol. The Morgan fingerprint density at radius 3 is 2.60 bits per heavy atom. The molecule has 1 amide bonds. The van der Waals surface area contributed by atoms with Gasteiger partial charge in [0.2, 0.25) is 15.9 Å². The van der Waals surface area contributed by atoms with E-state index in [9.17, 15) is 13.2 Å². The van der Waals surface area contributed by atoms with Crippen LogP contribution in [-0.4, -0.2) is 39.2 Å². The molecule has 0 saturated heterocycles. The fourth-order valence-electron chi connectivity index (χ4n) is 1.03. The number of carbonyl (C=O) groups is 1. The van der Waals surface area contributed by atoms with Crippen molar-refractivity contribution in [2.24, 2.45) is 5.73 Å². The Labute approximate surface area is 89.6 Å². The van der Waals surface area contributed by atoms with Crippen molar-refractivity contribution in [3.63, 3.8) is 0 Å². The number of rotatable bonds is 7. The molecule has 7 heteroatoms. The zero-order valence-corrected chi connectivity index (χ0v) is 9.35. The molecule has 1 saturated carbocycles. The molecular weight excluding hydrogens is 218 g/mol. The molecule has 0 unspecified atom stereocenters. The van der Waals surface area contributed by atoms with E-state index in [0.29, 0.717) is 13.0 Å². The summed E-state index contributed by atoms with van der Waals surface area (Å²) in [6.45, 7) is 0.151. The molecule has 0 spiro atoms. The van der Waals surface area contributed by atoms with Crippen molar-refractivity contribution in [1.82, 2.24) is 10.0 Å². The smallest absolute Gasteiger partial charge is 0.235 e. The van der Waals surface area contributed by atoms with Crippen LogP contribution in [0, 0.1) is 0 Å². The molecule has 0 aromatic carbocycles. The summed E-state index contributed by atoms with van der Waals surface area (Å²) >= 11 is 0. The first-order valence-corrected chi connectivity index (χ1v) is 6.65. The fraction of sp³-hybridized carbons (Fsp3) is 0.875. The Bertz CT molecular complexity index is 311. The van der Waals surface area contributed by atoms with Crippen LogP contribution in [0.5, 0.6) is 0 Å². The summed E-state index contributed by atoms with van der Waals surface area (Å²) in [5.41, 5.74) is 5.19. The van der Waals surface area contributed by atoms with Gasteiger partial charge >= 0.3 is 0 Å². The number of amides is 1. The zero-order chi connectivity index (χ0) is 11.3. The molecule has 0 aromatic rings. The average molecular weight is 235 g/mol. The molecule has 15 heavy (non-hydrogen) atoms. The van der Waals surface area contributed by atoms with Crippen LogP contribution in [0.15, 0.2) is 0 Å². The van der Waals surface area contributed by atoms with Crippen molar-refractivity contribution in [3.05, 3.63) is 0 Å². The zero-order valence-electron chi connectivity index (χ0n) is 8.53. The minimum atomic E-state index is -3.35. The third-order valence-corrected chi connectivity index (χ3v) is 3.42. The first-order chi connectivity index (χ1) is 7.03. The Morgan fingerprint density at radius 2 is 2.07 bits per heavy atom. The van der Waals surface area contributed by atoms with E-state index < -0.39 is 10.0 Å². The normalized spacial score (nSPS) is 16.3. The lowest BCUT2D eigenvalue weighted by molar-refractivity contribution is -0.120. The quantitative estimate of drug-likeness (QED) is 0.501. The molecule has 88 valence electrons. The summed E-state index contributed by atoms with van der Waals surface area (Å²) in [7, 11) is -3.35. The van der Waals surface area contributed by atoms with E-state index in [1.54, 1.807) is 0 Å². The average Bonchev–Trinajstić information content (AvgIpc) is 2.96. The topological polar surface area (TPSA) is 101 Å². The molecule has 1 aliphatic carbocycles. The maximum absolute atomic E-state index is 11.2. The van der Waals surface area contributed by atoms with Gasteiger partial charge in [0, 0.05) is 6.04 Å². The van der Waals surface area contributed by atoms with E-state index >= 15 is 0 Å². The number of carbonyl (C=O) groups excluding carboxylic acids is 1. The molecule has 1 fully saturated rings. The summed E-state index contributed by atoms with van der Waals surface area (Å²) in [5.74, 6) is -0.297. The lowest BCUT2D eigenvalue weighted by Gasteiger charge is -2.06. The maximum Gasteiger partial charge on any atom is 0.235 e. The van der Waals surface area contributed by atoms with Crippen LogP contribution in [0.3, 0.4) is 0 Å². The highest BCUT2D eigenvalue weighted by Gasteiger charge is 2.23. The largest absolute Gasteiger partial charge is 0.352 e. The number of hydrogen-bond acceptors (Lipinski definition) is 4. The van der Waals surface area contributed by atoms with Gasteiger partial charge in [0.1, 0.15) is 0 Å². The monoisotopic (exact) mass is 235 g/mol. The van der Waals surface area contributed by atoms with E-state index in [2.05, 4.69) is 10.0 Å². The highest BCUT2D eigenvalue weighted by molar-refractivity contribution is 7.89. The molecule has 1 aliphatic rings. The van der Waals surface area contributed by atoms with Crippen LogP contribution in [0.25, 0.3) is 0 Å². The van der Waals surface area contributed by atoms with Gasteiger partial charge in [-0.15, -0.1) is 0 Å². The van der Waals surface area contributed by atoms with Gasteiger partial charge in [-0.3, -0.25) is 4.79 Å². The molecule has 0 bridgehead atoms. The molecule has 4 N–H and O–H groups in total. The number of nitrogens with one attached hydrogen (secondary N) is 2. The van der Waals surface area contributed by atoms with E-state index in [0.717, 1.165) is 12.8 Å². The van der Waals surface area contributed by atoms with Crippen molar-refractivity contribution < 1.29 is 13.2 Å². The Morgan fingerprint density at radius 1 is 1.40 bits per heavy atom. The van der Waals surface area contributed by atoms with Crippen molar-refractivity contribution in [2.45, 2.75) is 25.3 Å². The second-order valence-electron chi connectivity index (χ2n) is 3.62. The molecule has 0 atom stereocenters. The van der Waals surface area contributed by atoms with Crippen LogP contribution in [0.2, 0.25) is 0 Å². The molecule has 0 heterocycles. The Kier molecular flexibility index (Phi) is 4.49. The van der Waals surface area contributed by atoms with Crippen LogP contribution in [0.1, 0.15) is 19.3 Å². The van der Waals surface area contributed by atoms with E-state index in [1.165, 1.54) is 0 Å². The fourth-order valence-corrected chi connectivity index (χ4v) is 2.07. The highest BCUT2D eigenvalue weighted by Crippen LogP contribution is 2.18. The van der Waals surface area contributed by atoms with E-state index in [-0.39, 0.29) is 24.2 Å². The van der Waals surface area contributed by atoms with E-state index in [1.807, 2.05) is 0 Å². The van der Waals surface area contributed by atoms with Gasteiger partial charge in [-0.05, 0) is 25.8 Å². The molecule has 1 rings (SSSR count). The number of sulfonamides is 1. The lowest BCUT2D eigenvalue weighted by Crippen LogP contribution is -2.38. The van der Waals surface area contributed by atoms with Crippen molar-refractivity contribution >= 4 is 15.9 Å². The van der Waals surface area contributed by atoms with Crippen LogP contribution < -0.4 is 15.8 Å². The minimum absolute atomic E-state index is 0.0276. The molecular formula is C8H17N3O3S. The molecule has 6 nitrogen and oxygen atoms in total. The van der Waals surface area contributed by atoms with Gasteiger partial charge in [-0.25, -0.2) is 13.1 Å². The molecule has 0 aliphatic heterocycles. The lowest BCUT2D eigenvalue weighted by atomic mass is 10.5. The van der Waals surface area contributed by atoms with Crippen LogP contribution in [0.4, 0.5) is 0 Å². The first-order valence-electron chi connectivity index (χ1n) is 5.00. The summed E-state index contributed by atoms with van der Waals surface area (Å²) < 4.78 is 24.7. The second-order valence-corrected chi connectivity index (χ2v) is 5.55. The molecule has 0 aromatic heterocycles. The van der Waals surface area contributed by atoms with Crippen LogP contribution >= 0.6 is 0 Å². The summed E-state index contributed by atoms with van der Waals surface area (Å²) in [6.07, 6.45) is 2.39. The van der Waals surface area contributed by atoms with Crippen LogP contribution in [-0.2, 0) is 14.8 Å². The molecule has 0 radical (unpaired) electrons. The van der Waals surface area contributed by atoms with Gasteiger partial charge in [0.25, 0.3) is 0 Å². The maximum atomic E-state index is 11.2. The summed E-state index contributed by atoms with van der Waals surface area (Å²) in [4.78, 5) is 11.2. The Balaban J connectivity index is 2.18. The van der Waals surface area contributed by atoms with Crippen molar-refractivity contribution in [1.29, 1.82) is 0 Å². The third-order valence-electron chi connectivity index (χ3n) is 2.01. The highest BCUT2D eigenvalue weighted by atomic mass is 32.2. The van der Waals surface area contributed by atoms with Gasteiger partial charge in [-0.1, -0.05) is 0 Å². The predicted octanol–water partition coefficient (Wildman–Crippen LogP) is -1.47. The van der Waals surface area contributed by atoms with E-state index in [4.69, 9.17) is 5.73 Å². The summed E-state index contributed by atoms with van der Waals surface area (Å²) in [6, 6.07) is 0.256. The summed E-state index contributed by atoms with van der Waals surface area (Å²) in [5, 5.41) is 2.69. The Hall–Kier alpha value is -0.660. The van der Waals surface area contributed by atoms with Gasteiger partial charge in [0.05, 0.1) is 12.3 Å². The number of nitrogens with two attached hydrogens (primary N) is 1. The minimum Gasteiger partial charge on any atom is -0.352 e. The second kappa shape index (κ2) is 5.43. The van der Waals surface area contributed by atoms with Crippen molar-refractivity contribution in [2.75, 3.05) is 18.8 Å². The number of hydrogen-bond donors (Lipinski definition) is 3.